The van der Waals surface area contributed by atoms with Gasteiger partial charge in [-0.2, -0.15) is 0 Å². The summed E-state index contributed by atoms with van der Waals surface area (Å²) in [7, 11) is 1.94. The molecule has 1 aromatic carbocycles. The van der Waals surface area contributed by atoms with Crippen molar-refractivity contribution >= 4 is 21.7 Å². The standard InChI is InChI=1S/C11H11BrN2/c1-14-7-6-9(11(14)13)8-4-2-3-5-10(8)12/h2-7H,13H2,1H3. The lowest BCUT2D eigenvalue weighted by Gasteiger charge is -2.04. The van der Waals surface area contributed by atoms with Crippen LogP contribution in [0, 0.1) is 0 Å². The summed E-state index contributed by atoms with van der Waals surface area (Å²) < 4.78 is 2.98. The summed E-state index contributed by atoms with van der Waals surface area (Å²) in [4.78, 5) is 0. The number of aromatic nitrogens is 1. The third-order valence-corrected chi connectivity index (χ3v) is 2.98. The lowest BCUT2D eigenvalue weighted by atomic mass is 10.1. The summed E-state index contributed by atoms with van der Waals surface area (Å²) in [6.45, 7) is 0. The molecule has 2 N–H and O–H groups in total. The molecule has 0 aliphatic rings. The minimum absolute atomic E-state index is 0.789. The molecule has 0 aliphatic carbocycles. The zero-order valence-corrected chi connectivity index (χ0v) is 9.45. The molecule has 0 unspecified atom stereocenters. The van der Waals surface area contributed by atoms with Gasteiger partial charge in [-0.25, -0.2) is 0 Å². The maximum Gasteiger partial charge on any atom is 0.111 e. The second-order valence-corrected chi connectivity index (χ2v) is 4.06. The molecule has 2 nitrogen and oxygen atoms in total. The van der Waals surface area contributed by atoms with Crippen LogP contribution < -0.4 is 5.73 Å². The molecule has 2 aromatic rings. The largest absolute Gasteiger partial charge is 0.385 e. The van der Waals surface area contributed by atoms with E-state index in [4.69, 9.17) is 5.73 Å². The SMILES string of the molecule is Cn1ccc(-c2ccccc2Br)c1N. The van der Waals surface area contributed by atoms with Crippen LogP contribution in [-0.2, 0) is 7.05 Å². The molecule has 0 radical (unpaired) electrons. The van der Waals surface area contributed by atoms with Gasteiger partial charge in [-0.05, 0) is 17.7 Å². The second-order valence-electron chi connectivity index (χ2n) is 3.21. The van der Waals surface area contributed by atoms with E-state index in [1.165, 1.54) is 0 Å². The van der Waals surface area contributed by atoms with Crippen LogP contribution in [0.5, 0.6) is 0 Å². The van der Waals surface area contributed by atoms with Crippen LogP contribution in [-0.4, -0.2) is 4.57 Å². The molecule has 2 rings (SSSR count). The van der Waals surface area contributed by atoms with Crippen molar-refractivity contribution in [3.63, 3.8) is 0 Å². The highest BCUT2D eigenvalue weighted by Gasteiger charge is 2.07. The van der Waals surface area contributed by atoms with Gasteiger partial charge in [0.05, 0.1) is 0 Å². The minimum Gasteiger partial charge on any atom is -0.385 e. The molecule has 72 valence electrons. The number of aryl methyl sites for hydroxylation is 1. The monoisotopic (exact) mass is 250 g/mol. The van der Waals surface area contributed by atoms with E-state index in [1.807, 2.05) is 42.1 Å². The highest BCUT2D eigenvalue weighted by Crippen LogP contribution is 2.32. The van der Waals surface area contributed by atoms with Crippen molar-refractivity contribution < 1.29 is 0 Å². The molecule has 0 saturated heterocycles. The fourth-order valence-corrected chi connectivity index (χ4v) is 1.95. The van der Waals surface area contributed by atoms with Gasteiger partial charge in [-0.15, -0.1) is 0 Å². The summed E-state index contributed by atoms with van der Waals surface area (Å²) in [5, 5.41) is 0. The van der Waals surface area contributed by atoms with E-state index in [0.29, 0.717) is 0 Å². The summed E-state index contributed by atoms with van der Waals surface area (Å²) in [6, 6.07) is 10.1. The molecule has 3 heteroatoms. The van der Waals surface area contributed by atoms with Gasteiger partial charge in [-0.1, -0.05) is 34.1 Å². The van der Waals surface area contributed by atoms with Crippen molar-refractivity contribution in [1.82, 2.24) is 4.57 Å². The van der Waals surface area contributed by atoms with Crippen LogP contribution in [0.1, 0.15) is 0 Å². The van der Waals surface area contributed by atoms with E-state index < -0.39 is 0 Å². The zero-order valence-electron chi connectivity index (χ0n) is 7.87. The molecule has 0 fully saturated rings. The van der Waals surface area contributed by atoms with Gasteiger partial charge >= 0.3 is 0 Å². The first kappa shape index (κ1) is 9.34. The third-order valence-electron chi connectivity index (χ3n) is 2.28. The Bertz CT molecular complexity index is 460. The quantitative estimate of drug-likeness (QED) is 0.829. The topological polar surface area (TPSA) is 30.9 Å². The van der Waals surface area contributed by atoms with Gasteiger partial charge in [0.15, 0.2) is 0 Å². The molecule has 0 spiro atoms. The molecule has 0 aliphatic heterocycles. The lowest BCUT2D eigenvalue weighted by molar-refractivity contribution is 0.942. The molecular weight excluding hydrogens is 240 g/mol. The number of nitrogen functional groups attached to an aromatic ring is 1. The minimum atomic E-state index is 0.789. The van der Waals surface area contributed by atoms with Gasteiger partial charge in [-0.3, -0.25) is 0 Å². The number of hydrogen-bond donors (Lipinski definition) is 1. The Hall–Kier alpha value is -1.22. The summed E-state index contributed by atoms with van der Waals surface area (Å²) in [5.41, 5.74) is 8.15. The number of nitrogens with zero attached hydrogens (tertiary/aromatic N) is 1. The fraction of sp³-hybridized carbons (Fsp3) is 0.0909. The Morgan fingerprint density at radius 1 is 1.14 bits per heavy atom. The second kappa shape index (κ2) is 3.50. The maximum absolute atomic E-state index is 5.95. The molecule has 0 atom stereocenters. The zero-order chi connectivity index (χ0) is 10.1. The molecule has 0 amide bonds. The molecular formula is C11H11BrN2. The smallest absolute Gasteiger partial charge is 0.111 e. The number of anilines is 1. The van der Waals surface area contributed by atoms with Crippen molar-refractivity contribution in [2.45, 2.75) is 0 Å². The van der Waals surface area contributed by atoms with E-state index in [1.54, 1.807) is 0 Å². The summed E-state index contributed by atoms with van der Waals surface area (Å²) >= 11 is 3.51. The Morgan fingerprint density at radius 3 is 2.43 bits per heavy atom. The first-order valence-corrected chi connectivity index (χ1v) is 5.15. The summed E-state index contributed by atoms with van der Waals surface area (Å²) in [5.74, 6) is 0.789. The highest BCUT2D eigenvalue weighted by molar-refractivity contribution is 9.10. The van der Waals surface area contributed by atoms with Gasteiger partial charge < -0.3 is 10.3 Å². The molecule has 14 heavy (non-hydrogen) atoms. The van der Waals surface area contributed by atoms with Gasteiger partial charge in [0.1, 0.15) is 5.82 Å². The number of hydrogen-bond acceptors (Lipinski definition) is 1. The van der Waals surface area contributed by atoms with Crippen LogP contribution in [0.15, 0.2) is 41.0 Å². The Kier molecular flexibility index (Phi) is 2.33. The molecule has 1 aromatic heterocycles. The van der Waals surface area contributed by atoms with Crippen molar-refractivity contribution in [1.29, 1.82) is 0 Å². The maximum atomic E-state index is 5.95. The number of benzene rings is 1. The van der Waals surface area contributed by atoms with E-state index in [-0.39, 0.29) is 0 Å². The first-order valence-electron chi connectivity index (χ1n) is 4.36. The predicted octanol–water partition coefficient (Wildman–Crippen LogP) is 3.04. The van der Waals surface area contributed by atoms with E-state index in [2.05, 4.69) is 22.0 Å². The normalized spacial score (nSPS) is 10.4. The van der Waals surface area contributed by atoms with Gasteiger partial charge in [0.2, 0.25) is 0 Å². The third kappa shape index (κ3) is 1.44. The number of halogens is 1. The lowest BCUT2D eigenvalue weighted by Crippen LogP contribution is -1.95. The van der Waals surface area contributed by atoms with Gasteiger partial charge in [0.25, 0.3) is 0 Å². The van der Waals surface area contributed by atoms with Crippen LogP contribution in [0.4, 0.5) is 5.82 Å². The van der Waals surface area contributed by atoms with Crippen LogP contribution in [0.2, 0.25) is 0 Å². The first-order chi connectivity index (χ1) is 6.70. The van der Waals surface area contributed by atoms with Crippen LogP contribution in [0.25, 0.3) is 11.1 Å². The van der Waals surface area contributed by atoms with E-state index in [0.717, 1.165) is 21.4 Å². The number of rotatable bonds is 1. The van der Waals surface area contributed by atoms with Crippen molar-refractivity contribution in [2.75, 3.05) is 5.73 Å². The predicted molar refractivity (Wildman–Crippen MR) is 63.0 cm³/mol. The van der Waals surface area contributed by atoms with Crippen molar-refractivity contribution in [2.24, 2.45) is 7.05 Å². The number of nitrogens with two attached hydrogens (primary N) is 1. The highest BCUT2D eigenvalue weighted by atomic mass is 79.9. The Labute approximate surface area is 91.5 Å². The van der Waals surface area contributed by atoms with E-state index in [9.17, 15) is 0 Å². The average Bonchev–Trinajstić information content (AvgIpc) is 2.49. The fourth-order valence-electron chi connectivity index (χ4n) is 1.45. The molecule has 1 heterocycles. The molecule has 0 saturated carbocycles. The average molecular weight is 251 g/mol. The van der Waals surface area contributed by atoms with Crippen LogP contribution in [0.3, 0.4) is 0 Å². The van der Waals surface area contributed by atoms with Crippen molar-refractivity contribution in [3.8, 4) is 11.1 Å². The van der Waals surface area contributed by atoms with Gasteiger partial charge in [0, 0.05) is 23.3 Å². The summed E-state index contributed by atoms with van der Waals surface area (Å²) in [6.07, 6.45) is 1.96. The van der Waals surface area contributed by atoms with Crippen molar-refractivity contribution in [3.05, 3.63) is 41.0 Å². The van der Waals surface area contributed by atoms with E-state index >= 15 is 0 Å². The van der Waals surface area contributed by atoms with Crippen LogP contribution >= 0.6 is 15.9 Å². The Balaban J connectivity index is 2.60. The molecule has 0 bridgehead atoms. The Morgan fingerprint density at radius 2 is 1.86 bits per heavy atom.